The highest BCUT2D eigenvalue weighted by Crippen LogP contribution is 2.17. The summed E-state index contributed by atoms with van der Waals surface area (Å²) in [6.07, 6.45) is 0.457. The molecule has 0 spiro atoms. The SMILES string of the molecule is COC(=O)CCN1CCN(c2ccc(C(N)=S)cc2)CC1. The van der Waals surface area contributed by atoms with Gasteiger partial charge in [-0.3, -0.25) is 9.69 Å². The second kappa shape index (κ2) is 7.38. The molecule has 0 bridgehead atoms. The fraction of sp³-hybridized carbons (Fsp3) is 0.467. The highest BCUT2D eigenvalue weighted by atomic mass is 32.1. The largest absolute Gasteiger partial charge is 0.469 e. The molecule has 1 saturated heterocycles. The molecule has 6 heteroatoms. The second-order valence-corrected chi connectivity index (χ2v) is 5.51. The van der Waals surface area contributed by atoms with Crippen LogP contribution in [0.5, 0.6) is 0 Å². The number of hydrogen-bond donors (Lipinski definition) is 1. The summed E-state index contributed by atoms with van der Waals surface area (Å²) in [6, 6.07) is 8.03. The van der Waals surface area contributed by atoms with Crippen molar-refractivity contribution in [3.63, 3.8) is 0 Å². The zero-order chi connectivity index (χ0) is 15.2. The minimum absolute atomic E-state index is 0.147. The van der Waals surface area contributed by atoms with Gasteiger partial charge in [-0.15, -0.1) is 0 Å². The first-order valence-corrected chi connectivity index (χ1v) is 7.45. The summed E-state index contributed by atoms with van der Waals surface area (Å²) in [4.78, 5) is 16.2. The van der Waals surface area contributed by atoms with Crippen LogP contribution in [0.4, 0.5) is 5.69 Å². The standard InChI is InChI=1S/C15H21N3O2S/c1-20-14(19)6-7-17-8-10-18(11-9-17)13-4-2-12(3-5-13)15(16)21/h2-5H,6-11H2,1H3,(H2,16,21). The normalized spacial score (nSPS) is 15.8. The third-order valence-electron chi connectivity index (χ3n) is 3.75. The Bertz CT molecular complexity index is 496. The maximum absolute atomic E-state index is 11.1. The van der Waals surface area contributed by atoms with E-state index in [4.69, 9.17) is 18.0 Å². The molecule has 0 aromatic heterocycles. The minimum atomic E-state index is -0.147. The number of nitrogens with zero attached hydrogens (tertiary/aromatic N) is 2. The van der Waals surface area contributed by atoms with Crippen LogP contribution < -0.4 is 10.6 Å². The summed E-state index contributed by atoms with van der Waals surface area (Å²) in [5, 5.41) is 0. The van der Waals surface area contributed by atoms with E-state index in [0.29, 0.717) is 11.4 Å². The van der Waals surface area contributed by atoms with E-state index < -0.39 is 0 Å². The Kier molecular flexibility index (Phi) is 5.52. The number of ether oxygens (including phenoxy) is 1. The molecule has 1 aromatic rings. The number of nitrogens with two attached hydrogens (primary N) is 1. The van der Waals surface area contributed by atoms with Crippen molar-refractivity contribution in [2.45, 2.75) is 6.42 Å². The Morgan fingerprint density at radius 1 is 1.24 bits per heavy atom. The van der Waals surface area contributed by atoms with Gasteiger partial charge < -0.3 is 15.4 Å². The van der Waals surface area contributed by atoms with Gasteiger partial charge in [0.1, 0.15) is 4.99 Å². The summed E-state index contributed by atoms with van der Waals surface area (Å²) in [5.74, 6) is -0.147. The van der Waals surface area contributed by atoms with Gasteiger partial charge in [0.05, 0.1) is 13.5 Å². The number of rotatable bonds is 5. The van der Waals surface area contributed by atoms with E-state index >= 15 is 0 Å². The maximum Gasteiger partial charge on any atom is 0.306 e. The van der Waals surface area contributed by atoms with E-state index in [0.717, 1.165) is 38.3 Å². The maximum atomic E-state index is 11.1. The number of benzene rings is 1. The molecule has 0 radical (unpaired) electrons. The zero-order valence-electron chi connectivity index (χ0n) is 12.2. The third-order valence-corrected chi connectivity index (χ3v) is 3.98. The predicted molar refractivity (Wildman–Crippen MR) is 87.6 cm³/mol. The van der Waals surface area contributed by atoms with Crippen LogP contribution in [-0.4, -0.2) is 55.7 Å². The molecule has 2 rings (SSSR count). The monoisotopic (exact) mass is 307 g/mol. The number of esters is 1. The van der Waals surface area contributed by atoms with Gasteiger partial charge in [-0.1, -0.05) is 12.2 Å². The van der Waals surface area contributed by atoms with Gasteiger partial charge >= 0.3 is 5.97 Å². The number of thiocarbonyl (C=S) groups is 1. The molecule has 0 unspecified atom stereocenters. The third kappa shape index (κ3) is 4.41. The molecule has 1 aliphatic heterocycles. The highest BCUT2D eigenvalue weighted by molar-refractivity contribution is 7.80. The van der Waals surface area contributed by atoms with Gasteiger partial charge in [0.2, 0.25) is 0 Å². The first-order chi connectivity index (χ1) is 10.1. The van der Waals surface area contributed by atoms with Gasteiger partial charge in [0.15, 0.2) is 0 Å². The van der Waals surface area contributed by atoms with E-state index in [9.17, 15) is 4.79 Å². The van der Waals surface area contributed by atoms with Gasteiger partial charge in [0.25, 0.3) is 0 Å². The van der Waals surface area contributed by atoms with Crippen LogP contribution in [0, 0.1) is 0 Å². The summed E-state index contributed by atoms with van der Waals surface area (Å²) in [5.41, 5.74) is 7.68. The molecule has 0 aliphatic carbocycles. The molecule has 1 fully saturated rings. The lowest BCUT2D eigenvalue weighted by Crippen LogP contribution is -2.47. The summed E-state index contributed by atoms with van der Waals surface area (Å²) < 4.78 is 4.67. The van der Waals surface area contributed by atoms with Crippen molar-refractivity contribution in [2.75, 3.05) is 44.7 Å². The Morgan fingerprint density at radius 3 is 2.38 bits per heavy atom. The lowest BCUT2D eigenvalue weighted by Gasteiger charge is -2.36. The molecule has 1 aliphatic rings. The number of carbonyl (C=O) groups is 1. The van der Waals surface area contributed by atoms with Crippen molar-refractivity contribution in [2.24, 2.45) is 5.73 Å². The van der Waals surface area contributed by atoms with Crippen LogP contribution in [0.2, 0.25) is 0 Å². The summed E-state index contributed by atoms with van der Waals surface area (Å²) in [6.45, 7) is 4.57. The lowest BCUT2D eigenvalue weighted by molar-refractivity contribution is -0.141. The van der Waals surface area contributed by atoms with Crippen molar-refractivity contribution in [1.29, 1.82) is 0 Å². The molecule has 21 heavy (non-hydrogen) atoms. The fourth-order valence-electron chi connectivity index (χ4n) is 2.42. The van der Waals surface area contributed by atoms with Crippen LogP contribution in [0.15, 0.2) is 24.3 Å². The first-order valence-electron chi connectivity index (χ1n) is 7.04. The average Bonchev–Trinajstić information content (AvgIpc) is 2.53. The molecule has 1 heterocycles. The van der Waals surface area contributed by atoms with Crippen LogP contribution in [0.25, 0.3) is 0 Å². The molecule has 1 aromatic carbocycles. The van der Waals surface area contributed by atoms with Crippen LogP contribution in [0.3, 0.4) is 0 Å². The molecule has 0 atom stereocenters. The number of methoxy groups -OCH3 is 1. The lowest BCUT2D eigenvalue weighted by atomic mass is 10.2. The molecule has 114 valence electrons. The Balaban J connectivity index is 1.83. The Morgan fingerprint density at radius 2 is 1.86 bits per heavy atom. The molecular formula is C15H21N3O2S. The molecule has 2 N–H and O–H groups in total. The first kappa shape index (κ1) is 15.7. The van der Waals surface area contributed by atoms with Crippen LogP contribution in [-0.2, 0) is 9.53 Å². The molecular weight excluding hydrogens is 286 g/mol. The summed E-state index contributed by atoms with van der Waals surface area (Å²) in [7, 11) is 1.43. The van der Waals surface area contributed by atoms with Gasteiger partial charge in [-0.05, 0) is 24.3 Å². The fourth-order valence-corrected chi connectivity index (χ4v) is 2.55. The van der Waals surface area contributed by atoms with Crippen molar-refractivity contribution < 1.29 is 9.53 Å². The van der Waals surface area contributed by atoms with E-state index in [2.05, 4.69) is 26.7 Å². The van der Waals surface area contributed by atoms with E-state index in [1.165, 1.54) is 12.8 Å². The zero-order valence-corrected chi connectivity index (χ0v) is 13.1. The minimum Gasteiger partial charge on any atom is -0.469 e. The van der Waals surface area contributed by atoms with E-state index in [-0.39, 0.29) is 5.97 Å². The number of carbonyl (C=O) groups excluding carboxylic acids is 1. The number of piperazine rings is 1. The Labute approximate surface area is 130 Å². The highest BCUT2D eigenvalue weighted by Gasteiger charge is 2.17. The topological polar surface area (TPSA) is 58.8 Å². The molecule has 0 amide bonds. The average molecular weight is 307 g/mol. The predicted octanol–water partition coefficient (Wildman–Crippen LogP) is 1.01. The van der Waals surface area contributed by atoms with Crippen molar-refractivity contribution >= 4 is 28.9 Å². The van der Waals surface area contributed by atoms with Gasteiger partial charge in [0, 0.05) is 44.0 Å². The van der Waals surface area contributed by atoms with Gasteiger partial charge in [-0.2, -0.15) is 0 Å². The van der Waals surface area contributed by atoms with E-state index in [1.807, 2.05) is 12.1 Å². The van der Waals surface area contributed by atoms with Gasteiger partial charge in [-0.25, -0.2) is 0 Å². The van der Waals surface area contributed by atoms with Crippen molar-refractivity contribution in [3.05, 3.63) is 29.8 Å². The Hall–Kier alpha value is -1.66. The van der Waals surface area contributed by atoms with Crippen LogP contribution >= 0.6 is 12.2 Å². The van der Waals surface area contributed by atoms with Crippen molar-refractivity contribution in [1.82, 2.24) is 4.90 Å². The summed E-state index contributed by atoms with van der Waals surface area (Å²) >= 11 is 4.96. The quantitative estimate of drug-likeness (QED) is 0.647. The van der Waals surface area contributed by atoms with Crippen molar-refractivity contribution in [3.8, 4) is 0 Å². The second-order valence-electron chi connectivity index (χ2n) is 5.07. The number of anilines is 1. The smallest absolute Gasteiger partial charge is 0.306 e. The van der Waals surface area contributed by atoms with Crippen LogP contribution in [0.1, 0.15) is 12.0 Å². The molecule has 5 nitrogen and oxygen atoms in total. The number of hydrogen-bond acceptors (Lipinski definition) is 5. The molecule has 0 saturated carbocycles. The van der Waals surface area contributed by atoms with E-state index in [1.54, 1.807) is 0 Å².